The number of allylic oxidation sites excluding steroid dienone is 2. The molecular weight excluding hydrogens is 222 g/mol. The van der Waals surface area contributed by atoms with Gasteiger partial charge in [0.2, 0.25) is 0 Å². The Hall–Kier alpha value is -1.54. The fourth-order valence-corrected chi connectivity index (χ4v) is 4.55. The average molecular weight is 237 g/mol. The first-order valence-corrected chi connectivity index (χ1v) is 6.76. The molecule has 2 heteroatoms. The lowest BCUT2D eigenvalue weighted by Gasteiger charge is -2.42. The van der Waals surface area contributed by atoms with Gasteiger partial charge in [0.1, 0.15) is 11.9 Å². The third-order valence-corrected chi connectivity index (χ3v) is 5.14. The molecule has 18 heavy (non-hydrogen) atoms. The summed E-state index contributed by atoms with van der Waals surface area (Å²) in [6, 6.07) is 7.47. The van der Waals surface area contributed by atoms with Crippen LogP contribution < -0.4 is 10.1 Å². The zero-order valence-corrected chi connectivity index (χ0v) is 10.3. The van der Waals surface area contributed by atoms with Gasteiger partial charge in [-0.3, -0.25) is 0 Å². The Morgan fingerprint density at radius 1 is 1.39 bits per heavy atom. The first kappa shape index (κ1) is 9.40. The minimum Gasteiger partial charge on any atom is -0.485 e. The maximum absolute atomic E-state index is 6.19. The van der Waals surface area contributed by atoms with Gasteiger partial charge in [0.15, 0.2) is 0 Å². The van der Waals surface area contributed by atoms with Crippen LogP contribution >= 0.6 is 0 Å². The highest BCUT2D eigenvalue weighted by Crippen LogP contribution is 2.63. The van der Waals surface area contributed by atoms with E-state index in [9.17, 15) is 0 Å². The number of ether oxygens (including phenoxy) is 1. The maximum atomic E-state index is 6.19. The van der Waals surface area contributed by atoms with Gasteiger partial charge in [-0.1, -0.05) is 24.3 Å². The highest BCUT2D eigenvalue weighted by atomic mass is 16.5. The highest BCUT2D eigenvalue weighted by Gasteiger charge is 2.61. The predicted molar refractivity (Wildman–Crippen MR) is 69.7 cm³/mol. The van der Waals surface area contributed by atoms with Crippen LogP contribution in [0.25, 0.3) is 0 Å². The van der Waals surface area contributed by atoms with Crippen LogP contribution in [0.1, 0.15) is 30.5 Å². The van der Waals surface area contributed by atoms with Crippen molar-refractivity contribution in [1.82, 2.24) is 5.32 Å². The van der Waals surface area contributed by atoms with E-state index in [0.717, 1.165) is 12.2 Å². The van der Waals surface area contributed by atoms with E-state index in [2.05, 4.69) is 48.7 Å². The number of piperidine rings is 1. The first-order valence-electron chi connectivity index (χ1n) is 6.76. The van der Waals surface area contributed by atoms with Gasteiger partial charge >= 0.3 is 0 Å². The van der Waals surface area contributed by atoms with Gasteiger partial charge in [0.25, 0.3) is 0 Å². The molecule has 2 aliphatic carbocycles. The van der Waals surface area contributed by atoms with Crippen LogP contribution in [0.4, 0.5) is 0 Å². The van der Waals surface area contributed by atoms with E-state index in [4.69, 9.17) is 4.74 Å². The van der Waals surface area contributed by atoms with E-state index in [1.165, 1.54) is 16.7 Å². The van der Waals surface area contributed by atoms with Crippen LogP contribution in [0.5, 0.6) is 5.75 Å². The molecule has 4 atom stereocenters. The normalized spacial score (nSPS) is 41.4. The van der Waals surface area contributed by atoms with Crippen molar-refractivity contribution in [3.63, 3.8) is 0 Å². The summed E-state index contributed by atoms with van der Waals surface area (Å²) in [5.41, 5.74) is 4.57. The largest absolute Gasteiger partial charge is 0.485 e. The highest BCUT2D eigenvalue weighted by molar-refractivity contribution is 5.64. The molecule has 2 aliphatic heterocycles. The van der Waals surface area contributed by atoms with Crippen molar-refractivity contribution < 1.29 is 4.74 Å². The molecule has 1 fully saturated rings. The molecule has 4 aliphatic rings. The van der Waals surface area contributed by atoms with Gasteiger partial charge in [-0.05, 0) is 36.6 Å². The molecule has 90 valence electrons. The maximum Gasteiger partial charge on any atom is 0.131 e. The number of hydrogen-bond acceptors (Lipinski definition) is 2. The van der Waals surface area contributed by atoms with E-state index in [1.807, 2.05) is 0 Å². The predicted octanol–water partition coefficient (Wildman–Crippen LogP) is 2.62. The summed E-state index contributed by atoms with van der Waals surface area (Å²) in [7, 11) is 0. The molecule has 1 aromatic carbocycles. The summed E-state index contributed by atoms with van der Waals surface area (Å²) in [5, 5.41) is 3.75. The van der Waals surface area contributed by atoms with Crippen molar-refractivity contribution in [2.75, 3.05) is 0 Å². The van der Waals surface area contributed by atoms with E-state index in [1.54, 1.807) is 0 Å². The second-order valence-electron chi connectivity index (χ2n) is 5.88. The molecule has 5 rings (SSSR count). The summed E-state index contributed by atoms with van der Waals surface area (Å²) in [6.45, 7) is 2.28. The van der Waals surface area contributed by atoms with Gasteiger partial charge in [-0.25, -0.2) is 0 Å². The lowest BCUT2D eigenvalue weighted by Crippen LogP contribution is -2.50. The molecular formula is C16H15NO. The molecule has 1 N–H and O–H groups in total. The van der Waals surface area contributed by atoms with Gasteiger partial charge in [-0.2, -0.15) is 0 Å². The van der Waals surface area contributed by atoms with E-state index in [-0.39, 0.29) is 11.5 Å². The summed E-state index contributed by atoms with van der Waals surface area (Å²) in [4.78, 5) is 0. The molecule has 0 saturated carbocycles. The van der Waals surface area contributed by atoms with Crippen LogP contribution in [-0.2, 0) is 5.41 Å². The van der Waals surface area contributed by atoms with Gasteiger partial charge in [0, 0.05) is 17.6 Å². The Morgan fingerprint density at radius 2 is 2.33 bits per heavy atom. The standard InChI is InChI=1S/C16H15NO/c1-9-11-5-3-7-14-16(11)8-12(17-9)10-4-2-6-13(18-14)15(10)16/h2-7,9,12,14,17H,8H2,1H3/t9-,12?,14+,16-/m1/s1. The lowest BCUT2D eigenvalue weighted by atomic mass is 9.66. The summed E-state index contributed by atoms with van der Waals surface area (Å²) < 4.78 is 6.19. The third kappa shape index (κ3) is 0.793. The van der Waals surface area contributed by atoms with E-state index in [0.29, 0.717) is 12.1 Å². The smallest absolute Gasteiger partial charge is 0.131 e. The SMILES string of the molecule is C[C@H]1NC2C[C@@]34C1=CC=C[C@@H]3Oc1cccc2c14. The minimum absolute atomic E-state index is 0.135. The van der Waals surface area contributed by atoms with Crippen LogP contribution in [0, 0.1) is 0 Å². The zero-order valence-electron chi connectivity index (χ0n) is 10.3. The summed E-state index contributed by atoms with van der Waals surface area (Å²) >= 11 is 0. The molecule has 0 aromatic heterocycles. The molecule has 1 spiro atoms. The fraction of sp³-hybridized carbons (Fsp3) is 0.375. The number of nitrogens with one attached hydrogen (secondary N) is 1. The molecule has 2 nitrogen and oxygen atoms in total. The van der Waals surface area contributed by atoms with Crippen molar-refractivity contribution in [2.24, 2.45) is 0 Å². The minimum atomic E-state index is 0.135. The average Bonchev–Trinajstić information content (AvgIpc) is 2.83. The van der Waals surface area contributed by atoms with Crippen molar-refractivity contribution in [3.05, 3.63) is 53.1 Å². The molecule has 1 aromatic rings. The summed E-state index contributed by atoms with van der Waals surface area (Å²) in [6.07, 6.45) is 8.06. The van der Waals surface area contributed by atoms with E-state index < -0.39 is 0 Å². The Labute approximate surface area is 106 Å². The Balaban J connectivity index is 1.91. The monoisotopic (exact) mass is 237 g/mol. The van der Waals surface area contributed by atoms with Crippen LogP contribution in [0.15, 0.2) is 42.0 Å². The first-order chi connectivity index (χ1) is 8.80. The van der Waals surface area contributed by atoms with Crippen molar-refractivity contribution in [3.8, 4) is 5.75 Å². The molecule has 1 unspecified atom stereocenters. The second-order valence-corrected chi connectivity index (χ2v) is 5.88. The molecule has 2 bridgehead atoms. The molecule has 2 heterocycles. The lowest BCUT2D eigenvalue weighted by molar-refractivity contribution is 0.174. The molecule has 0 amide bonds. The van der Waals surface area contributed by atoms with Crippen molar-refractivity contribution in [2.45, 2.75) is 36.9 Å². The van der Waals surface area contributed by atoms with Gasteiger partial charge < -0.3 is 10.1 Å². The van der Waals surface area contributed by atoms with Crippen molar-refractivity contribution >= 4 is 0 Å². The van der Waals surface area contributed by atoms with Crippen LogP contribution in [-0.4, -0.2) is 12.1 Å². The van der Waals surface area contributed by atoms with E-state index >= 15 is 0 Å². The Kier molecular flexibility index (Phi) is 1.42. The Morgan fingerprint density at radius 3 is 3.28 bits per heavy atom. The number of fused-ring (bicyclic) bond motifs is 2. The Bertz CT molecular complexity index is 630. The second kappa shape index (κ2) is 2.72. The molecule has 1 saturated heterocycles. The van der Waals surface area contributed by atoms with Crippen LogP contribution in [0.2, 0.25) is 0 Å². The number of hydrogen-bond donors (Lipinski definition) is 1. The number of benzene rings is 1. The van der Waals surface area contributed by atoms with Gasteiger partial charge in [-0.15, -0.1) is 0 Å². The number of rotatable bonds is 0. The van der Waals surface area contributed by atoms with Gasteiger partial charge in [0.05, 0.1) is 5.41 Å². The third-order valence-electron chi connectivity index (χ3n) is 5.14. The quantitative estimate of drug-likeness (QED) is 0.749. The van der Waals surface area contributed by atoms with Crippen molar-refractivity contribution in [1.29, 1.82) is 0 Å². The topological polar surface area (TPSA) is 21.3 Å². The van der Waals surface area contributed by atoms with Crippen LogP contribution in [0.3, 0.4) is 0 Å². The molecule has 0 radical (unpaired) electrons. The summed E-state index contributed by atoms with van der Waals surface area (Å²) in [5.74, 6) is 1.10. The zero-order chi connectivity index (χ0) is 11.9. The fourth-order valence-electron chi connectivity index (χ4n) is 4.55.